The molecular formula is C18H28N2O3. The fourth-order valence-electron chi connectivity index (χ4n) is 4.42. The van der Waals surface area contributed by atoms with Crippen molar-refractivity contribution in [1.82, 2.24) is 4.90 Å². The van der Waals surface area contributed by atoms with Gasteiger partial charge in [-0.25, -0.2) is 0 Å². The molecule has 3 aliphatic heterocycles. The Morgan fingerprint density at radius 1 is 1.09 bits per heavy atom. The highest BCUT2D eigenvalue weighted by Gasteiger charge is 2.39. The lowest BCUT2D eigenvalue weighted by Gasteiger charge is -2.48. The first-order chi connectivity index (χ1) is 11.2. The number of methoxy groups -OCH3 is 3. The summed E-state index contributed by atoms with van der Waals surface area (Å²) in [6.45, 7) is 4.24. The van der Waals surface area contributed by atoms with E-state index in [9.17, 15) is 0 Å². The van der Waals surface area contributed by atoms with Crippen molar-refractivity contribution >= 4 is 0 Å². The van der Waals surface area contributed by atoms with Crippen molar-refractivity contribution in [3.63, 3.8) is 0 Å². The van der Waals surface area contributed by atoms with Gasteiger partial charge in [0.05, 0.1) is 21.3 Å². The Hall–Kier alpha value is -1.46. The molecule has 0 saturated carbocycles. The average Bonchev–Trinajstić information content (AvgIpc) is 2.62. The molecule has 0 amide bonds. The van der Waals surface area contributed by atoms with Gasteiger partial charge in [-0.05, 0) is 50.4 Å². The number of piperidine rings is 3. The van der Waals surface area contributed by atoms with Gasteiger partial charge in [-0.3, -0.25) is 0 Å². The lowest BCUT2D eigenvalue weighted by molar-refractivity contribution is 0.0374. The van der Waals surface area contributed by atoms with Crippen LogP contribution < -0.4 is 19.9 Å². The first kappa shape index (κ1) is 16.4. The van der Waals surface area contributed by atoms with Crippen LogP contribution >= 0.6 is 0 Å². The van der Waals surface area contributed by atoms with Gasteiger partial charge in [0.2, 0.25) is 5.75 Å². The van der Waals surface area contributed by atoms with Crippen LogP contribution in [0.1, 0.15) is 24.3 Å². The van der Waals surface area contributed by atoms with Gasteiger partial charge in [-0.2, -0.15) is 0 Å². The maximum atomic E-state index is 6.21. The maximum absolute atomic E-state index is 6.21. The van der Waals surface area contributed by atoms with E-state index < -0.39 is 0 Å². The Morgan fingerprint density at radius 3 is 2.26 bits per heavy atom. The van der Waals surface area contributed by atoms with E-state index >= 15 is 0 Å². The largest absolute Gasteiger partial charge is 0.493 e. The Labute approximate surface area is 138 Å². The number of ether oxygens (including phenoxy) is 3. The summed E-state index contributed by atoms with van der Waals surface area (Å²) in [5, 5.41) is 0. The van der Waals surface area contributed by atoms with E-state index in [1.165, 1.54) is 25.9 Å². The number of hydrogen-bond acceptors (Lipinski definition) is 5. The van der Waals surface area contributed by atoms with Gasteiger partial charge in [0.1, 0.15) is 0 Å². The van der Waals surface area contributed by atoms with Gasteiger partial charge in [0.15, 0.2) is 11.5 Å². The van der Waals surface area contributed by atoms with Gasteiger partial charge in [-0.15, -0.1) is 0 Å². The molecule has 2 bridgehead atoms. The normalized spacial score (nSPS) is 27.6. The maximum Gasteiger partial charge on any atom is 0.203 e. The minimum atomic E-state index is 0.290. The average molecular weight is 320 g/mol. The van der Waals surface area contributed by atoms with E-state index in [0.717, 1.165) is 23.8 Å². The summed E-state index contributed by atoms with van der Waals surface area (Å²) in [5.74, 6) is 3.77. The molecule has 1 aromatic carbocycles. The SMILES string of the molecule is COc1ccc(C(CN)C2CN3CCC2CC3)c(OC)c1OC. The second-order valence-electron chi connectivity index (χ2n) is 6.57. The van der Waals surface area contributed by atoms with Crippen LogP contribution in [0.4, 0.5) is 0 Å². The van der Waals surface area contributed by atoms with Crippen molar-refractivity contribution in [2.24, 2.45) is 17.6 Å². The monoisotopic (exact) mass is 320 g/mol. The Kier molecular flexibility index (Phi) is 4.97. The smallest absolute Gasteiger partial charge is 0.203 e. The Morgan fingerprint density at radius 2 is 1.78 bits per heavy atom. The Balaban J connectivity index is 1.98. The van der Waals surface area contributed by atoms with E-state index in [1.54, 1.807) is 21.3 Å². The van der Waals surface area contributed by atoms with Crippen LogP contribution in [0, 0.1) is 11.8 Å². The van der Waals surface area contributed by atoms with E-state index in [1.807, 2.05) is 6.07 Å². The van der Waals surface area contributed by atoms with Crippen molar-refractivity contribution in [1.29, 1.82) is 0 Å². The molecule has 3 aliphatic rings. The van der Waals surface area contributed by atoms with Crippen LogP contribution in [0.15, 0.2) is 12.1 Å². The summed E-state index contributed by atoms with van der Waals surface area (Å²) < 4.78 is 16.6. The zero-order valence-electron chi connectivity index (χ0n) is 14.4. The van der Waals surface area contributed by atoms with Crippen LogP contribution in [0.3, 0.4) is 0 Å². The summed E-state index contributed by atoms with van der Waals surface area (Å²) in [6, 6.07) is 4.05. The molecule has 3 fully saturated rings. The second-order valence-corrected chi connectivity index (χ2v) is 6.57. The molecule has 5 nitrogen and oxygen atoms in total. The van der Waals surface area contributed by atoms with Crippen LogP contribution in [0.5, 0.6) is 17.2 Å². The molecule has 3 heterocycles. The highest BCUT2D eigenvalue weighted by atomic mass is 16.5. The second kappa shape index (κ2) is 6.97. The van der Waals surface area contributed by atoms with E-state index in [2.05, 4.69) is 11.0 Å². The lowest BCUT2D eigenvalue weighted by Crippen LogP contribution is -2.50. The van der Waals surface area contributed by atoms with Crippen molar-refractivity contribution in [3.8, 4) is 17.2 Å². The minimum absolute atomic E-state index is 0.290. The Bertz CT molecular complexity index is 541. The fraction of sp³-hybridized carbons (Fsp3) is 0.667. The molecule has 4 rings (SSSR count). The molecule has 0 aromatic heterocycles. The summed E-state index contributed by atoms with van der Waals surface area (Å²) in [6.07, 6.45) is 2.58. The molecule has 0 spiro atoms. The highest BCUT2D eigenvalue weighted by Crippen LogP contribution is 2.47. The van der Waals surface area contributed by atoms with E-state index in [-0.39, 0.29) is 5.92 Å². The van der Waals surface area contributed by atoms with Gasteiger partial charge < -0.3 is 24.8 Å². The minimum Gasteiger partial charge on any atom is -0.493 e. The van der Waals surface area contributed by atoms with Crippen molar-refractivity contribution in [2.75, 3.05) is 47.5 Å². The topological polar surface area (TPSA) is 57.0 Å². The molecule has 3 saturated heterocycles. The third-order valence-corrected chi connectivity index (χ3v) is 5.61. The third-order valence-electron chi connectivity index (χ3n) is 5.61. The third kappa shape index (κ3) is 2.88. The van der Waals surface area contributed by atoms with Crippen molar-refractivity contribution in [3.05, 3.63) is 17.7 Å². The summed E-state index contributed by atoms with van der Waals surface area (Å²) >= 11 is 0. The standard InChI is InChI=1S/C18H28N2O3/c1-21-16-5-4-13(17(22-2)18(16)23-3)14(10-19)15-11-20-8-6-12(15)7-9-20/h4-5,12,14-15H,6-11,19H2,1-3H3. The summed E-state index contributed by atoms with van der Waals surface area (Å²) in [5.41, 5.74) is 7.35. The molecule has 128 valence electrons. The number of fused-ring (bicyclic) bond motifs is 3. The number of rotatable bonds is 6. The zero-order chi connectivity index (χ0) is 16.4. The van der Waals surface area contributed by atoms with Crippen LogP contribution in [-0.2, 0) is 0 Å². The van der Waals surface area contributed by atoms with E-state index in [0.29, 0.717) is 24.0 Å². The zero-order valence-corrected chi connectivity index (χ0v) is 14.4. The predicted octanol–water partition coefficient (Wildman–Crippen LogP) is 2.10. The lowest BCUT2D eigenvalue weighted by atomic mass is 9.70. The van der Waals surface area contributed by atoms with Gasteiger partial charge >= 0.3 is 0 Å². The van der Waals surface area contributed by atoms with Gasteiger partial charge in [0, 0.05) is 18.0 Å². The summed E-state index contributed by atoms with van der Waals surface area (Å²) in [7, 11) is 4.98. The van der Waals surface area contributed by atoms with Gasteiger partial charge in [-0.1, -0.05) is 6.07 Å². The molecule has 2 unspecified atom stereocenters. The molecule has 1 aromatic rings. The van der Waals surface area contributed by atoms with Crippen LogP contribution in [0.2, 0.25) is 0 Å². The predicted molar refractivity (Wildman–Crippen MR) is 90.5 cm³/mol. The molecule has 2 N–H and O–H groups in total. The van der Waals surface area contributed by atoms with Crippen LogP contribution in [-0.4, -0.2) is 52.4 Å². The van der Waals surface area contributed by atoms with E-state index in [4.69, 9.17) is 19.9 Å². The van der Waals surface area contributed by atoms with Crippen LogP contribution in [0.25, 0.3) is 0 Å². The number of benzene rings is 1. The molecule has 5 heteroatoms. The van der Waals surface area contributed by atoms with Gasteiger partial charge in [0.25, 0.3) is 0 Å². The molecule has 0 radical (unpaired) electrons. The molecule has 0 aliphatic carbocycles. The number of nitrogens with zero attached hydrogens (tertiary/aromatic N) is 1. The molecule has 2 atom stereocenters. The highest BCUT2D eigenvalue weighted by molar-refractivity contribution is 5.57. The molecular weight excluding hydrogens is 292 g/mol. The first-order valence-corrected chi connectivity index (χ1v) is 8.44. The van der Waals surface area contributed by atoms with Crippen molar-refractivity contribution in [2.45, 2.75) is 18.8 Å². The first-order valence-electron chi connectivity index (χ1n) is 8.44. The quantitative estimate of drug-likeness (QED) is 0.870. The van der Waals surface area contributed by atoms with Crippen molar-refractivity contribution < 1.29 is 14.2 Å². The summed E-state index contributed by atoms with van der Waals surface area (Å²) in [4.78, 5) is 2.57. The molecule has 23 heavy (non-hydrogen) atoms. The fourth-order valence-corrected chi connectivity index (χ4v) is 4.42. The number of hydrogen-bond donors (Lipinski definition) is 1. The number of nitrogens with two attached hydrogens (primary N) is 1.